The molecule has 0 radical (unpaired) electrons. The van der Waals surface area contributed by atoms with Gasteiger partial charge >= 0.3 is 0 Å². The predicted molar refractivity (Wildman–Crippen MR) is 63.0 cm³/mol. The summed E-state index contributed by atoms with van der Waals surface area (Å²) in [4.78, 5) is 0. The van der Waals surface area contributed by atoms with E-state index in [4.69, 9.17) is 26.8 Å². The number of rotatable bonds is 4. The van der Waals surface area contributed by atoms with Crippen LogP contribution in [0.3, 0.4) is 0 Å². The molecule has 0 fully saturated rings. The standard InChI is InChI=1S/C11H15ClN2O2/c1-2-14-9(5-13)7-3-8(12)11-10(4-7)15-6-16-11/h3-4,9,14H,2,5-6,13H2,1H3. The van der Waals surface area contributed by atoms with E-state index in [1.807, 2.05) is 19.1 Å². The summed E-state index contributed by atoms with van der Waals surface area (Å²) in [7, 11) is 0. The van der Waals surface area contributed by atoms with Gasteiger partial charge in [-0.3, -0.25) is 0 Å². The van der Waals surface area contributed by atoms with Gasteiger partial charge in [0.2, 0.25) is 6.79 Å². The highest BCUT2D eigenvalue weighted by molar-refractivity contribution is 6.32. The molecule has 2 rings (SSSR count). The second-order valence-electron chi connectivity index (χ2n) is 3.58. The summed E-state index contributed by atoms with van der Waals surface area (Å²) in [5.41, 5.74) is 6.73. The molecular weight excluding hydrogens is 228 g/mol. The van der Waals surface area contributed by atoms with Crippen LogP contribution in [-0.2, 0) is 0 Å². The normalized spacial score (nSPS) is 15.2. The summed E-state index contributed by atoms with van der Waals surface area (Å²) < 4.78 is 10.6. The number of nitrogens with one attached hydrogen (secondary N) is 1. The van der Waals surface area contributed by atoms with Crippen molar-refractivity contribution in [2.45, 2.75) is 13.0 Å². The van der Waals surface area contributed by atoms with Crippen LogP contribution in [0.25, 0.3) is 0 Å². The van der Waals surface area contributed by atoms with Crippen molar-refractivity contribution >= 4 is 11.6 Å². The number of nitrogens with two attached hydrogens (primary N) is 1. The number of ether oxygens (including phenoxy) is 2. The maximum Gasteiger partial charge on any atom is 0.231 e. The summed E-state index contributed by atoms with van der Waals surface area (Å²) in [6.45, 7) is 3.64. The van der Waals surface area contributed by atoms with Crippen molar-refractivity contribution in [2.24, 2.45) is 5.73 Å². The van der Waals surface area contributed by atoms with Gasteiger partial charge in [0.15, 0.2) is 11.5 Å². The molecule has 4 nitrogen and oxygen atoms in total. The van der Waals surface area contributed by atoms with Crippen LogP contribution in [-0.4, -0.2) is 19.9 Å². The Labute approximate surface area is 99.7 Å². The molecule has 0 saturated carbocycles. The SMILES string of the molecule is CCNC(CN)c1cc(Cl)c2c(c1)OCO2. The Morgan fingerprint density at radius 3 is 3.00 bits per heavy atom. The number of hydrogen-bond donors (Lipinski definition) is 2. The zero-order valence-corrected chi connectivity index (χ0v) is 9.88. The van der Waals surface area contributed by atoms with Crippen LogP contribution >= 0.6 is 11.6 Å². The highest BCUT2D eigenvalue weighted by Gasteiger charge is 2.20. The minimum Gasteiger partial charge on any atom is -0.454 e. The van der Waals surface area contributed by atoms with Gasteiger partial charge in [0, 0.05) is 12.6 Å². The quantitative estimate of drug-likeness (QED) is 0.844. The first-order chi connectivity index (χ1) is 7.76. The van der Waals surface area contributed by atoms with E-state index in [1.165, 1.54) is 0 Å². The number of halogens is 1. The zero-order valence-electron chi connectivity index (χ0n) is 9.13. The summed E-state index contributed by atoms with van der Waals surface area (Å²) in [6.07, 6.45) is 0. The topological polar surface area (TPSA) is 56.5 Å². The van der Waals surface area contributed by atoms with E-state index in [9.17, 15) is 0 Å². The first kappa shape index (κ1) is 11.5. The molecule has 88 valence electrons. The fourth-order valence-corrected chi connectivity index (χ4v) is 2.05. The lowest BCUT2D eigenvalue weighted by atomic mass is 10.1. The molecule has 3 N–H and O–H groups in total. The molecule has 0 spiro atoms. The lowest BCUT2D eigenvalue weighted by Gasteiger charge is -2.16. The van der Waals surface area contributed by atoms with E-state index in [-0.39, 0.29) is 12.8 Å². The molecule has 5 heteroatoms. The largest absolute Gasteiger partial charge is 0.454 e. The molecule has 1 aliphatic heterocycles. The van der Waals surface area contributed by atoms with Crippen LogP contribution in [0.15, 0.2) is 12.1 Å². The molecule has 0 aliphatic carbocycles. The van der Waals surface area contributed by atoms with Crippen LogP contribution in [0.1, 0.15) is 18.5 Å². The number of hydrogen-bond acceptors (Lipinski definition) is 4. The van der Waals surface area contributed by atoms with Gasteiger partial charge in [0.1, 0.15) is 0 Å². The first-order valence-corrected chi connectivity index (χ1v) is 5.66. The molecule has 0 saturated heterocycles. The van der Waals surface area contributed by atoms with E-state index in [0.717, 1.165) is 12.1 Å². The summed E-state index contributed by atoms with van der Waals surface area (Å²) in [5, 5.41) is 3.86. The van der Waals surface area contributed by atoms with Crippen LogP contribution in [0.2, 0.25) is 5.02 Å². The molecule has 0 aromatic heterocycles. The van der Waals surface area contributed by atoms with Gasteiger partial charge in [0.25, 0.3) is 0 Å². The van der Waals surface area contributed by atoms with E-state index in [1.54, 1.807) is 0 Å². The third kappa shape index (κ3) is 2.09. The van der Waals surface area contributed by atoms with E-state index >= 15 is 0 Å². The van der Waals surface area contributed by atoms with Crippen LogP contribution in [0, 0.1) is 0 Å². The summed E-state index contributed by atoms with van der Waals surface area (Å²) in [6, 6.07) is 3.89. The van der Waals surface area contributed by atoms with Crippen molar-refractivity contribution in [3.8, 4) is 11.5 Å². The van der Waals surface area contributed by atoms with Crippen molar-refractivity contribution in [1.82, 2.24) is 5.32 Å². The highest BCUT2D eigenvalue weighted by atomic mass is 35.5. The Bertz CT molecular complexity index is 384. The van der Waals surface area contributed by atoms with Crippen molar-refractivity contribution in [3.63, 3.8) is 0 Å². The molecule has 16 heavy (non-hydrogen) atoms. The lowest BCUT2D eigenvalue weighted by molar-refractivity contribution is 0.174. The van der Waals surface area contributed by atoms with Gasteiger partial charge in [-0.25, -0.2) is 0 Å². The van der Waals surface area contributed by atoms with Crippen LogP contribution in [0.4, 0.5) is 0 Å². The fraction of sp³-hybridized carbons (Fsp3) is 0.455. The van der Waals surface area contributed by atoms with Crippen molar-refractivity contribution in [2.75, 3.05) is 19.9 Å². The van der Waals surface area contributed by atoms with Gasteiger partial charge in [-0.05, 0) is 24.2 Å². The Hall–Kier alpha value is -0.970. The van der Waals surface area contributed by atoms with Gasteiger partial charge in [-0.15, -0.1) is 0 Å². The Morgan fingerprint density at radius 1 is 1.50 bits per heavy atom. The molecule has 0 bridgehead atoms. The van der Waals surface area contributed by atoms with E-state index in [0.29, 0.717) is 23.1 Å². The average molecular weight is 243 g/mol. The maximum absolute atomic E-state index is 6.10. The second-order valence-corrected chi connectivity index (χ2v) is 3.99. The molecular formula is C11H15ClN2O2. The summed E-state index contributed by atoms with van der Waals surface area (Å²) in [5.74, 6) is 1.32. The summed E-state index contributed by atoms with van der Waals surface area (Å²) >= 11 is 6.10. The molecule has 1 heterocycles. The Morgan fingerprint density at radius 2 is 2.31 bits per heavy atom. The molecule has 1 unspecified atom stereocenters. The second kappa shape index (κ2) is 4.91. The van der Waals surface area contributed by atoms with Gasteiger partial charge in [-0.2, -0.15) is 0 Å². The van der Waals surface area contributed by atoms with Crippen molar-refractivity contribution in [3.05, 3.63) is 22.7 Å². The molecule has 1 aromatic rings. The number of benzene rings is 1. The van der Waals surface area contributed by atoms with Crippen LogP contribution < -0.4 is 20.5 Å². The number of likely N-dealkylation sites (N-methyl/N-ethyl adjacent to an activating group) is 1. The third-order valence-electron chi connectivity index (χ3n) is 2.54. The molecule has 1 atom stereocenters. The average Bonchev–Trinajstić information content (AvgIpc) is 2.74. The Kier molecular flexibility index (Phi) is 3.53. The highest BCUT2D eigenvalue weighted by Crippen LogP contribution is 2.40. The van der Waals surface area contributed by atoms with Crippen LogP contribution in [0.5, 0.6) is 11.5 Å². The minimum atomic E-state index is 0.0944. The van der Waals surface area contributed by atoms with Crippen molar-refractivity contribution in [1.29, 1.82) is 0 Å². The third-order valence-corrected chi connectivity index (χ3v) is 2.82. The van der Waals surface area contributed by atoms with E-state index in [2.05, 4.69) is 5.32 Å². The molecule has 0 amide bonds. The van der Waals surface area contributed by atoms with Gasteiger partial charge in [0.05, 0.1) is 5.02 Å². The predicted octanol–water partition coefficient (Wildman–Crippen LogP) is 1.68. The first-order valence-electron chi connectivity index (χ1n) is 5.28. The molecule has 1 aliphatic rings. The fourth-order valence-electron chi connectivity index (χ4n) is 1.77. The van der Waals surface area contributed by atoms with E-state index < -0.39 is 0 Å². The lowest BCUT2D eigenvalue weighted by Crippen LogP contribution is -2.27. The molecule has 1 aromatic carbocycles. The maximum atomic E-state index is 6.10. The zero-order chi connectivity index (χ0) is 11.5. The number of fused-ring (bicyclic) bond motifs is 1. The minimum absolute atomic E-state index is 0.0944. The van der Waals surface area contributed by atoms with Gasteiger partial charge < -0.3 is 20.5 Å². The van der Waals surface area contributed by atoms with Gasteiger partial charge in [-0.1, -0.05) is 18.5 Å². The smallest absolute Gasteiger partial charge is 0.231 e. The Balaban J connectivity index is 2.31. The van der Waals surface area contributed by atoms with Crippen molar-refractivity contribution < 1.29 is 9.47 Å². The monoisotopic (exact) mass is 242 g/mol.